The molecule has 1 fully saturated rings. The minimum atomic E-state index is 0.842. The molecule has 0 bridgehead atoms. The highest BCUT2D eigenvalue weighted by Crippen LogP contribution is 2.31. The van der Waals surface area contributed by atoms with E-state index in [2.05, 4.69) is 77.2 Å². The van der Waals surface area contributed by atoms with E-state index in [1.165, 1.54) is 21.4 Å². The Labute approximate surface area is 193 Å². The summed E-state index contributed by atoms with van der Waals surface area (Å²) in [5.41, 5.74) is 6.10. The van der Waals surface area contributed by atoms with Crippen LogP contribution >= 0.6 is 11.3 Å². The maximum Gasteiger partial charge on any atom is 0.186 e. The quantitative estimate of drug-likeness (QED) is 0.425. The number of aryl methyl sites for hydroxylation is 3. The first kappa shape index (κ1) is 20.9. The molecule has 0 aliphatic carbocycles. The van der Waals surface area contributed by atoms with Gasteiger partial charge in [0.15, 0.2) is 5.13 Å². The first-order chi connectivity index (χ1) is 15.6. The molecule has 32 heavy (non-hydrogen) atoms. The highest BCUT2D eigenvalue weighted by Gasteiger charge is 2.24. The molecular weight excluding hydrogens is 414 g/mol. The second-order valence-electron chi connectivity index (χ2n) is 8.45. The minimum absolute atomic E-state index is 0.842. The van der Waals surface area contributed by atoms with E-state index in [0.29, 0.717) is 0 Å². The van der Waals surface area contributed by atoms with Crippen molar-refractivity contribution in [2.45, 2.75) is 33.6 Å². The number of benzene rings is 2. The summed E-state index contributed by atoms with van der Waals surface area (Å²) in [7, 11) is 0. The molecule has 0 spiro atoms. The third kappa shape index (κ3) is 4.19. The standard InChI is InChI=1S/C26H29N5S/c1-4-20-10-11-23-24(17-20)32-26(29-23)31-14-12-30(13-15-31)25-22(18(2)27-19(3)28-25)16-21-8-6-5-7-9-21/h5-11,17H,4,12-16H2,1-3H3. The van der Waals surface area contributed by atoms with Crippen LogP contribution in [0.25, 0.3) is 10.2 Å². The summed E-state index contributed by atoms with van der Waals surface area (Å²) < 4.78 is 1.29. The lowest BCUT2D eigenvalue weighted by Gasteiger charge is -2.36. The second kappa shape index (κ2) is 8.87. The van der Waals surface area contributed by atoms with Crippen LogP contribution in [0.4, 0.5) is 10.9 Å². The largest absolute Gasteiger partial charge is 0.353 e. The summed E-state index contributed by atoms with van der Waals surface area (Å²) >= 11 is 1.81. The van der Waals surface area contributed by atoms with Crippen LogP contribution in [0, 0.1) is 13.8 Å². The van der Waals surface area contributed by atoms with E-state index >= 15 is 0 Å². The smallest absolute Gasteiger partial charge is 0.186 e. The highest BCUT2D eigenvalue weighted by molar-refractivity contribution is 7.22. The Kier molecular flexibility index (Phi) is 5.79. The fourth-order valence-electron chi connectivity index (χ4n) is 4.41. The van der Waals surface area contributed by atoms with Crippen molar-refractivity contribution in [1.82, 2.24) is 15.0 Å². The predicted molar refractivity (Wildman–Crippen MR) is 134 cm³/mol. The molecule has 0 saturated carbocycles. The van der Waals surface area contributed by atoms with Crippen LogP contribution in [0.15, 0.2) is 48.5 Å². The van der Waals surface area contributed by atoms with E-state index in [4.69, 9.17) is 9.97 Å². The number of rotatable bonds is 5. The number of hydrogen-bond acceptors (Lipinski definition) is 6. The lowest BCUT2D eigenvalue weighted by atomic mass is 10.0. The van der Waals surface area contributed by atoms with Crippen molar-refractivity contribution in [1.29, 1.82) is 0 Å². The SMILES string of the molecule is CCc1ccc2nc(N3CCN(c4nc(C)nc(C)c4Cc4ccccc4)CC3)sc2c1. The van der Waals surface area contributed by atoms with Crippen LogP contribution < -0.4 is 9.80 Å². The average Bonchev–Trinajstić information content (AvgIpc) is 3.25. The zero-order valence-corrected chi connectivity index (χ0v) is 19.8. The molecule has 0 radical (unpaired) electrons. The molecule has 2 aromatic carbocycles. The van der Waals surface area contributed by atoms with Gasteiger partial charge in [-0.3, -0.25) is 0 Å². The van der Waals surface area contributed by atoms with Crippen molar-refractivity contribution in [3.63, 3.8) is 0 Å². The lowest BCUT2D eigenvalue weighted by molar-refractivity contribution is 0.641. The molecule has 2 aromatic heterocycles. The molecule has 6 heteroatoms. The molecule has 0 N–H and O–H groups in total. The van der Waals surface area contributed by atoms with Crippen molar-refractivity contribution < 1.29 is 0 Å². The van der Waals surface area contributed by atoms with Crippen LogP contribution in [0.2, 0.25) is 0 Å². The molecule has 3 heterocycles. The Bertz CT molecular complexity index is 1230. The van der Waals surface area contributed by atoms with Gasteiger partial charge in [0, 0.05) is 43.9 Å². The molecule has 4 aromatic rings. The first-order valence-corrected chi connectivity index (χ1v) is 12.2. The first-order valence-electron chi connectivity index (χ1n) is 11.4. The monoisotopic (exact) mass is 443 g/mol. The summed E-state index contributed by atoms with van der Waals surface area (Å²) in [6.07, 6.45) is 1.92. The number of piperazine rings is 1. The Morgan fingerprint density at radius 2 is 1.59 bits per heavy atom. The number of hydrogen-bond donors (Lipinski definition) is 0. The summed E-state index contributed by atoms with van der Waals surface area (Å²) in [6, 6.07) is 17.3. The average molecular weight is 444 g/mol. The summed E-state index contributed by atoms with van der Waals surface area (Å²) in [6.45, 7) is 10.1. The van der Waals surface area contributed by atoms with Gasteiger partial charge in [-0.2, -0.15) is 0 Å². The van der Waals surface area contributed by atoms with Gasteiger partial charge in [0.1, 0.15) is 11.6 Å². The van der Waals surface area contributed by atoms with Gasteiger partial charge in [0.05, 0.1) is 10.2 Å². The van der Waals surface area contributed by atoms with E-state index in [0.717, 1.165) is 67.0 Å². The zero-order valence-electron chi connectivity index (χ0n) is 19.0. The summed E-state index contributed by atoms with van der Waals surface area (Å²) in [5, 5.41) is 1.13. The third-order valence-corrected chi connectivity index (χ3v) is 7.31. The maximum atomic E-state index is 4.91. The van der Waals surface area contributed by atoms with Gasteiger partial charge in [-0.05, 0) is 43.5 Å². The fourth-order valence-corrected chi connectivity index (χ4v) is 5.49. The Morgan fingerprint density at radius 3 is 2.34 bits per heavy atom. The number of fused-ring (bicyclic) bond motifs is 1. The van der Waals surface area contributed by atoms with E-state index < -0.39 is 0 Å². The number of aromatic nitrogens is 3. The highest BCUT2D eigenvalue weighted by atomic mass is 32.1. The van der Waals surface area contributed by atoms with Gasteiger partial charge in [0.25, 0.3) is 0 Å². The predicted octanol–water partition coefficient (Wildman–Crippen LogP) is 5.18. The molecule has 164 valence electrons. The van der Waals surface area contributed by atoms with E-state index in [9.17, 15) is 0 Å². The van der Waals surface area contributed by atoms with Crippen molar-refractivity contribution in [2.24, 2.45) is 0 Å². The fraction of sp³-hybridized carbons (Fsp3) is 0.346. The third-order valence-electron chi connectivity index (χ3n) is 6.23. The van der Waals surface area contributed by atoms with E-state index in [1.807, 2.05) is 18.3 Å². The maximum absolute atomic E-state index is 4.91. The van der Waals surface area contributed by atoms with E-state index in [-0.39, 0.29) is 0 Å². The Hall–Kier alpha value is -2.99. The molecule has 5 nitrogen and oxygen atoms in total. The van der Waals surface area contributed by atoms with E-state index in [1.54, 1.807) is 0 Å². The van der Waals surface area contributed by atoms with Crippen molar-refractivity contribution >= 4 is 32.5 Å². The van der Waals surface area contributed by atoms with Crippen molar-refractivity contribution in [3.05, 3.63) is 76.7 Å². The molecule has 0 unspecified atom stereocenters. The number of thiazole rings is 1. The molecule has 1 aliphatic rings. The van der Waals surface area contributed by atoms with Crippen molar-refractivity contribution in [3.8, 4) is 0 Å². The van der Waals surface area contributed by atoms with Crippen LogP contribution in [-0.2, 0) is 12.8 Å². The van der Waals surface area contributed by atoms with Gasteiger partial charge < -0.3 is 9.80 Å². The number of anilines is 2. The van der Waals surface area contributed by atoms with Gasteiger partial charge in [-0.1, -0.05) is 54.7 Å². The van der Waals surface area contributed by atoms with Crippen LogP contribution in [0.1, 0.15) is 35.1 Å². The summed E-state index contributed by atoms with van der Waals surface area (Å²) in [5.74, 6) is 1.94. The van der Waals surface area contributed by atoms with Gasteiger partial charge >= 0.3 is 0 Å². The topological polar surface area (TPSA) is 45.2 Å². The minimum Gasteiger partial charge on any atom is -0.353 e. The van der Waals surface area contributed by atoms with Crippen molar-refractivity contribution in [2.75, 3.05) is 36.0 Å². The second-order valence-corrected chi connectivity index (χ2v) is 9.46. The molecule has 1 saturated heterocycles. The molecule has 1 aliphatic heterocycles. The van der Waals surface area contributed by atoms with Crippen LogP contribution in [0.5, 0.6) is 0 Å². The normalized spacial score (nSPS) is 14.3. The van der Waals surface area contributed by atoms with Crippen LogP contribution in [0.3, 0.4) is 0 Å². The van der Waals surface area contributed by atoms with Gasteiger partial charge in [-0.25, -0.2) is 15.0 Å². The molecule has 5 rings (SSSR count). The van der Waals surface area contributed by atoms with Gasteiger partial charge in [0.2, 0.25) is 0 Å². The Balaban J connectivity index is 1.36. The molecule has 0 atom stereocenters. The molecule has 0 amide bonds. The van der Waals surface area contributed by atoms with Gasteiger partial charge in [-0.15, -0.1) is 0 Å². The zero-order chi connectivity index (χ0) is 22.1. The lowest BCUT2D eigenvalue weighted by Crippen LogP contribution is -2.47. The summed E-state index contributed by atoms with van der Waals surface area (Å²) in [4.78, 5) is 19.3. The van der Waals surface area contributed by atoms with Crippen LogP contribution in [-0.4, -0.2) is 41.1 Å². The number of nitrogens with zero attached hydrogens (tertiary/aromatic N) is 5. The Morgan fingerprint density at radius 1 is 0.844 bits per heavy atom. The molecular formula is C26H29N5S.